The van der Waals surface area contributed by atoms with E-state index < -0.39 is 0 Å². The summed E-state index contributed by atoms with van der Waals surface area (Å²) in [5.74, 6) is 0.863. The van der Waals surface area contributed by atoms with Crippen molar-refractivity contribution in [1.29, 1.82) is 0 Å². The molecule has 1 aromatic rings. The highest BCUT2D eigenvalue weighted by Crippen LogP contribution is 2.33. The second-order valence-corrected chi connectivity index (χ2v) is 4.67. The molecule has 0 aromatic heterocycles. The summed E-state index contributed by atoms with van der Waals surface area (Å²) in [6, 6.07) is 5.55. The zero-order chi connectivity index (χ0) is 12.3. The molecule has 3 nitrogen and oxygen atoms in total. The standard InChI is InChI=1S/C12H15Cl2N3/c1-2-8-17(12-15-6-7-16-12)11-9(13)4-3-5-10(11)14/h3-5H,2,6-8H2,1H3,(H,15,16). The molecule has 0 atom stereocenters. The largest absolute Gasteiger partial charge is 0.354 e. The highest BCUT2D eigenvalue weighted by atomic mass is 35.5. The first-order valence-corrected chi connectivity index (χ1v) is 6.49. The van der Waals surface area contributed by atoms with E-state index in [1.165, 1.54) is 0 Å². The van der Waals surface area contributed by atoms with E-state index in [1.54, 1.807) is 0 Å². The molecule has 17 heavy (non-hydrogen) atoms. The molecule has 1 aromatic carbocycles. The van der Waals surface area contributed by atoms with Crippen LogP contribution in [0.3, 0.4) is 0 Å². The normalized spacial score (nSPS) is 14.4. The van der Waals surface area contributed by atoms with Crippen LogP contribution >= 0.6 is 23.2 Å². The van der Waals surface area contributed by atoms with Gasteiger partial charge in [0.25, 0.3) is 0 Å². The molecule has 0 saturated heterocycles. The van der Waals surface area contributed by atoms with Crippen molar-refractivity contribution in [2.45, 2.75) is 13.3 Å². The van der Waals surface area contributed by atoms with Crippen LogP contribution in [0.4, 0.5) is 5.69 Å². The lowest BCUT2D eigenvalue weighted by atomic mass is 10.2. The Morgan fingerprint density at radius 2 is 2.06 bits per heavy atom. The molecule has 0 amide bonds. The molecular weight excluding hydrogens is 257 g/mol. The van der Waals surface area contributed by atoms with E-state index in [0.717, 1.165) is 37.7 Å². The average molecular weight is 272 g/mol. The number of hydrogen-bond acceptors (Lipinski definition) is 3. The van der Waals surface area contributed by atoms with Crippen LogP contribution in [0.1, 0.15) is 13.3 Å². The number of halogens is 2. The van der Waals surface area contributed by atoms with Crippen LogP contribution in [-0.4, -0.2) is 25.6 Å². The number of guanidine groups is 1. The van der Waals surface area contributed by atoms with E-state index in [4.69, 9.17) is 23.2 Å². The molecule has 1 aliphatic heterocycles. The van der Waals surface area contributed by atoms with Crippen LogP contribution in [0, 0.1) is 0 Å². The molecule has 92 valence electrons. The maximum absolute atomic E-state index is 6.23. The van der Waals surface area contributed by atoms with Crippen molar-refractivity contribution in [3.05, 3.63) is 28.2 Å². The molecule has 2 rings (SSSR count). The van der Waals surface area contributed by atoms with Crippen LogP contribution in [0.25, 0.3) is 0 Å². The lowest BCUT2D eigenvalue weighted by molar-refractivity contribution is 0.877. The van der Waals surface area contributed by atoms with Crippen molar-refractivity contribution in [3.63, 3.8) is 0 Å². The molecule has 5 heteroatoms. The van der Waals surface area contributed by atoms with Gasteiger partial charge in [0.1, 0.15) is 0 Å². The van der Waals surface area contributed by atoms with Crippen molar-refractivity contribution in [2.75, 3.05) is 24.5 Å². The number of nitrogens with zero attached hydrogens (tertiary/aromatic N) is 2. The first-order valence-electron chi connectivity index (χ1n) is 5.74. The Kier molecular flexibility index (Phi) is 4.13. The van der Waals surface area contributed by atoms with Gasteiger partial charge in [-0.05, 0) is 18.6 Å². The molecule has 0 fully saturated rings. The van der Waals surface area contributed by atoms with Crippen molar-refractivity contribution in [2.24, 2.45) is 4.99 Å². The second-order valence-electron chi connectivity index (χ2n) is 3.85. The van der Waals surface area contributed by atoms with Gasteiger partial charge in [0.15, 0.2) is 5.96 Å². The molecular formula is C12H15Cl2N3. The number of benzene rings is 1. The third-order valence-electron chi connectivity index (χ3n) is 2.57. The van der Waals surface area contributed by atoms with Crippen molar-refractivity contribution < 1.29 is 0 Å². The van der Waals surface area contributed by atoms with Gasteiger partial charge in [0, 0.05) is 13.1 Å². The number of hydrogen-bond donors (Lipinski definition) is 1. The molecule has 0 bridgehead atoms. The van der Waals surface area contributed by atoms with Gasteiger partial charge >= 0.3 is 0 Å². The van der Waals surface area contributed by atoms with E-state index in [1.807, 2.05) is 18.2 Å². The Morgan fingerprint density at radius 1 is 1.35 bits per heavy atom. The monoisotopic (exact) mass is 271 g/mol. The Morgan fingerprint density at radius 3 is 2.59 bits per heavy atom. The molecule has 0 unspecified atom stereocenters. The van der Waals surface area contributed by atoms with Gasteiger partial charge in [0.05, 0.1) is 22.3 Å². The van der Waals surface area contributed by atoms with Crippen molar-refractivity contribution in [3.8, 4) is 0 Å². The first-order chi connectivity index (χ1) is 8.24. The predicted molar refractivity (Wildman–Crippen MR) is 74.4 cm³/mol. The molecule has 0 aliphatic carbocycles. The van der Waals surface area contributed by atoms with Gasteiger partial charge in [-0.3, -0.25) is 4.99 Å². The minimum Gasteiger partial charge on any atom is -0.354 e. The van der Waals surface area contributed by atoms with Crippen LogP contribution in [-0.2, 0) is 0 Å². The molecule has 1 N–H and O–H groups in total. The summed E-state index contributed by atoms with van der Waals surface area (Å²) in [7, 11) is 0. The maximum Gasteiger partial charge on any atom is 0.198 e. The van der Waals surface area contributed by atoms with Crippen LogP contribution < -0.4 is 10.2 Å². The smallest absolute Gasteiger partial charge is 0.198 e. The number of para-hydroxylation sites is 1. The minimum absolute atomic E-state index is 0.655. The van der Waals surface area contributed by atoms with E-state index in [9.17, 15) is 0 Å². The van der Waals surface area contributed by atoms with Gasteiger partial charge in [-0.1, -0.05) is 36.2 Å². The Bertz CT molecular complexity index is 412. The molecule has 0 radical (unpaired) electrons. The average Bonchev–Trinajstić information content (AvgIpc) is 2.80. The van der Waals surface area contributed by atoms with Gasteiger partial charge in [-0.2, -0.15) is 0 Å². The fraction of sp³-hybridized carbons (Fsp3) is 0.417. The molecule has 0 saturated carbocycles. The second kappa shape index (κ2) is 5.61. The van der Waals surface area contributed by atoms with Crippen molar-refractivity contribution in [1.82, 2.24) is 5.32 Å². The van der Waals surface area contributed by atoms with Crippen molar-refractivity contribution >= 4 is 34.8 Å². The Balaban J connectivity index is 2.38. The van der Waals surface area contributed by atoms with Gasteiger partial charge < -0.3 is 10.2 Å². The quantitative estimate of drug-likeness (QED) is 0.915. The van der Waals surface area contributed by atoms with E-state index >= 15 is 0 Å². The number of aliphatic imine (C=N–C) groups is 1. The predicted octanol–water partition coefficient (Wildman–Crippen LogP) is 3.17. The van der Waals surface area contributed by atoms with Crippen LogP contribution in [0.5, 0.6) is 0 Å². The number of rotatable bonds is 3. The fourth-order valence-corrected chi connectivity index (χ4v) is 2.46. The lowest BCUT2D eigenvalue weighted by Gasteiger charge is -2.26. The summed E-state index contributed by atoms with van der Waals surface area (Å²) in [5, 5.41) is 4.56. The Hall–Kier alpha value is -0.930. The van der Waals surface area contributed by atoms with E-state index in [-0.39, 0.29) is 0 Å². The third kappa shape index (κ3) is 2.67. The number of nitrogens with one attached hydrogen (secondary N) is 1. The highest BCUT2D eigenvalue weighted by Gasteiger charge is 2.20. The third-order valence-corrected chi connectivity index (χ3v) is 3.18. The SMILES string of the molecule is CCCN(C1=NCCN1)c1c(Cl)cccc1Cl. The minimum atomic E-state index is 0.655. The summed E-state index contributed by atoms with van der Waals surface area (Å²) in [5.41, 5.74) is 0.839. The zero-order valence-corrected chi connectivity index (χ0v) is 11.2. The topological polar surface area (TPSA) is 27.6 Å². The molecule has 0 spiro atoms. The van der Waals surface area contributed by atoms with Crippen LogP contribution in [0.2, 0.25) is 10.0 Å². The summed E-state index contributed by atoms with van der Waals surface area (Å²) in [4.78, 5) is 6.48. The van der Waals surface area contributed by atoms with Gasteiger partial charge in [0.2, 0.25) is 0 Å². The lowest BCUT2D eigenvalue weighted by Crippen LogP contribution is -2.39. The summed E-state index contributed by atoms with van der Waals surface area (Å²) in [6.45, 7) is 4.64. The highest BCUT2D eigenvalue weighted by molar-refractivity contribution is 6.40. The molecule has 1 heterocycles. The summed E-state index contributed by atoms with van der Waals surface area (Å²) < 4.78 is 0. The van der Waals surface area contributed by atoms with Gasteiger partial charge in [-0.15, -0.1) is 0 Å². The van der Waals surface area contributed by atoms with E-state index in [0.29, 0.717) is 10.0 Å². The maximum atomic E-state index is 6.23. The number of anilines is 1. The summed E-state index contributed by atoms with van der Waals surface area (Å²) >= 11 is 12.5. The fourth-order valence-electron chi connectivity index (χ4n) is 1.86. The van der Waals surface area contributed by atoms with Crippen LogP contribution in [0.15, 0.2) is 23.2 Å². The van der Waals surface area contributed by atoms with E-state index in [2.05, 4.69) is 22.1 Å². The Labute approximate surface area is 111 Å². The molecule has 1 aliphatic rings. The summed E-state index contributed by atoms with van der Waals surface area (Å²) in [6.07, 6.45) is 1.00. The first kappa shape index (κ1) is 12.5. The van der Waals surface area contributed by atoms with Gasteiger partial charge in [-0.25, -0.2) is 0 Å². The zero-order valence-electron chi connectivity index (χ0n) is 9.71.